The average molecular weight is 745 g/mol. The minimum Gasteiger partial charge on any atom is -0.292 e. The van der Waals surface area contributed by atoms with Gasteiger partial charge in [0.2, 0.25) is 5.95 Å². The Hall–Kier alpha value is -8.24. The summed E-state index contributed by atoms with van der Waals surface area (Å²) in [6.07, 6.45) is 8.63. The number of fused-ring (bicyclic) bond motifs is 9. The first-order chi connectivity index (χ1) is 28.7. The van der Waals surface area contributed by atoms with Crippen molar-refractivity contribution in [1.82, 2.24) is 49.0 Å². The SMILES string of the molecule is c1ccc(-c2cccc(-n3c4ccccc4c4ccc5c6ccccc6n(-c6nc(-c7ccc8nccnc8c7)cc(-c7ccc8nccnc8c7)n6)c5c43)n2)nc1. The lowest BCUT2D eigenvalue weighted by Crippen LogP contribution is -2.06. The summed E-state index contributed by atoms with van der Waals surface area (Å²) in [5.74, 6) is 1.31. The van der Waals surface area contributed by atoms with E-state index < -0.39 is 0 Å². The highest BCUT2D eigenvalue weighted by atomic mass is 15.2. The first-order valence-electron chi connectivity index (χ1n) is 18.9. The molecule has 0 amide bonds. The van der Waals surface area contributed by atoms with E-state index in [4.69, 9.17) is 15.0 Å². The van der Waals surface area contributed by atoms with Crippen LogP contribution in [0.2, 0.25) is 0 Å². The molecule has 0 spiro atoms. The molecule has 10 heteroatoms. The standard InChI is InChI=1S/C48H28N10/c1-3-12-43-31(8-1)33-17-18-34-32-9-2-4-13-44(32)58(47(34)46(33)57(43)45-14-7-11-38(54-45)35-10-5-6-21-49-35)48-55-39(29-15-19-36-41(26-29)52-24-22-50-36)28-40(56-48)30-16-20-37-42(27-30)53-25-23-51-37/h1-28H. The zero-order valence-electron chi connectivity index (χ0n) is 30.6. The molecule has 12 rings (SSSR count). The van der Waals surface area contributed by atoms with E-state index in [1.54, 1.807) is 31.0 Å². The minimum absolute atomic E-state index is 0.525. The molecular weight excluding hydrogens is 717 g/mol. The quantitative estimate of drug-likeness (QED) is 0.171. The summed E-state index contributed by atoms with van der Waals surface area (Å²) in [6.45, 7) is 0. The van der Waals surface area contributed by atoms with Gasteiger partial charge in [0.05, 0.1) is 66.9 Å². The summed E-state index contributed by atoms with van der Waals surface area (Å²) in [5.41, 5.74) is 12.1. The topological polar surface area (TPSA) is 113 Å². The Morgan fingerprint density at radius 1 is 0.328 bits per heavy atom. The smallest absolute Gasteiger partial charge is 0.235 e. The van der Waals surface area contributed by atoms with Crippen LogP contribution in [0.1, 0.15) is 0 Å². The second-order valence-corrected chi connectivity index (χ2v) is 14.1. The number of hydrogen-bond donors (Lipinski definition) is 0. The first-order valence-corrected chi connectivity index (χ1v) is 18.9. The van der Waals surface area contributed by atoms with Crippen LogP contribution >= 0.6 is 0 Å². The maximum absolute atomic E-state index is 5.40. The molecule has 0 fully saturated rings. The molecule has 0 bridgehead atoms. The zero-order valence-corrected chi connectivity index (χ0v) is 30.6. The maximum atomic E-state index is 5.40. The molecule has 0 N–H and O–H groups in total. The maximum Gasteiger partial charge on any atom is 0.235 e. The fourth-order valence-corrected chi connectivity index (χ4v) is 8.23. The second kappa shape index (κ2) is 12.7. The summed E-state index contributed by atoms with van der Waals surface area (Å²) in [4.78, 5) is 38.9. The van der Waals surface area contributed by atoms with Gasteiger partial charge in [-0.2, -0.15) is 0 Å². The lowest BCUT2D eigenvalue weighted by Gasteiger charge is -2.14. The van der Waals surface area contributed by atoms with E-state index in [0.29, 0.717) is 5.95 Å². The number of aromatic nitrogens is 10. The van der Waals surface area contributed by atoms with Gasteiger partial charge >= 0.3 is 0 Å². The monoisotopic (exact) mass is 744 g/mol. The zero-order chi connectivity index (χ0) is 38.2. The van der Waals surface area contributed by atoms with Crippen LogP contribution < -0.4 is 0 Å². The van der Waals surface area contributed by atoms with E-state index in [1.165, 1.54) is 0 Å². The second-order valence-electron chi connectivity index (χ2n) is 14.1. The van der Waals surface area contributed by atoms with Crippen molar-refractivity contribution in [1.29, 1.82) is 0 Å². The van der Waals surface area contributed by atoms with Crippen molar-refractivity contribution in [3.05, 3.63) is 171 Å². The molecule has 12 aromatic rings. The van der Waals surface area contributed by atoms with Crippen molar-refractivity contribution in [3.8, 4) is 45.7 Å². The number of hydrogen-bond acceptors (Lipinski definition) is 8. The third-order valence-corrected chi connectivity index (χ3v) is 10.8. The Morgan fingerprint density at radius 3 is 1.50 bits per heavy atom. The van der Waals surface area contributed by atoms with Gasteiger partial charge in [-0.25, -0.2) is 15.0 Å². The Labute approximate surface area is 329 Å². The highest BCUT2D eigenvalue weighted by Crippen LogP contribution is 2.42. The molecule has 0 atom stereocenters. The van der Waals surface area contributed by atoms with Crippen LogP contribution in [0.15, 0.2) is 171 Å². The number of nitrogens with zero attached hydrogens (tertiary/aromatic N) is 10. The van der Waals surface area contributed by atoms with Gasteiger partial charge in [0.1, 0.15) is 5.82 Å². The third kappa shape index (κ3) is 4.98. The molecule has 0 aliphatic carbocycles. The molecule has 10 nitrogen and oxygen atoms in total. The van der Waals surface area contributed by atoms with Gasteiger partial charge in [0.15, 0.2) is 0 Å². The lowest BCUT2D eigenvalue weighted by molar-refractivity contribution is 0.993. The summed E-state index contributed by atoms with van der Waals surface area (Å²) in [5, 5.41) is 4.37. The Bertz CT molecular complexity index is 3490. The van der Waals surface area contributed by atoms with Crippen molar-refractivity contribution in [3.63, 3.8) is 0 Å². The number of pyridine rings is 2. The molecule has 0 saturated carbocycles. The summed E-state index contributed by atoms with van der Waals surface area (Å²) in [6, 6.07) is 47.6. The molecule has 0 aliphatic rings. The summed E-state index contributed by atoms with van der Waals surface area (Å²) < 4.78 is 4.48. The van der Waals surface area contributed by atoms with Gasteiger partial charge in [0.25, 0.3) is 0 Å². The first kappa shape index (κ1) is 32.0. The largest absolute Gasteiger partial charge is 0.292 e. The van der Waals surface area contributed by atoms with Gasteiger partial charge in [-0.3, -0.25) is 34.1 Å². The van der Waals surface area contributed by atoms with Gasteiger partial charge < -0.3 is 0 Å². The van der Waals surface area contributed by atoms with Crippen molar-refractivity contribution >= 4 is 65.7 Å². The van der Waals surface area contributed by atoms with E-state index in [9.17, 15) is 0 Å². The molecule has 270 valence electrons. The fourth-order valence-electron chi connectivity index (χ4n) is 8.23. The van der Waals surface area contributed by atoms with E-state index >= 15 is 0 Å². The van der Waals surface area contributed by atoms with E-state index in [-0.39, 0.29) is 0 Å². The van der Waals surface area contributed by atoms with Crippen LogP contribution in [0, 0.1) is 0 Å². The van der Waals surface area contributed by atoms with Crippen molar-refractivity contribution in [2.75, 3.05) is 0 Å². The molecule has 58 heavy (non-hydrogen) atoms. The van der Waals surface area contributed by atoms with Gasteiger partial charge in [-0.1, -0.05) is 72.8 Å². The van der Waals surface area contributed by atoms with Crippen LogP contribution in [0.25, 0.3) is 111 Å². The number of para-hydroxylation sites is 2. The molecule has 0 saturated heterocycles. The van der Waals surface area contributed by atoms with Crippen LogP contribution in [0.3, 0.4) is 0 Å². The molecule has 0 radical (unpaired) electrons. The van der Waals surface area contributed by atoms with Gasteiger partial charge in [-0.15, -0.1) is 0 Å². The normalized spacial score (nSPS) is 11.8. The summed E-state index contributed by atoms with van der Waals surface area (Å²) >= 11 is 0. The Morgan fingerprint density at radius 2 is 0.879 bits per heavy atom. The predicted octanol–water partition coefficient (Wildman–Crippen LogP) is 10.3. The Balaban J connectivity index is 1.20. The minimum atomic E-state index is 0.525. The van der Waals surface area contributed by atoms with Crippen LogP contribution in [-0.4, -0.2) is 49.0 Å². The Kier molecular flexibility index (Phi) is 6.99. The van der Waals surface area contributed by atoms with Crippen molar-refractivity contribution in [2.45, 2.75) is 0 Å². The highest BCUT2D eigenvalue weighted by Gasteiger charge is 2.24. The number of benzene rings is 5. The molecule has 7 heterocycles. The third-order valence-electron chi connectivity index (χ3n) is 10.8. The van der Waals surface area contributed by atoms with E-state index in [2.05, 4.69) is 101 Å². The fraction of sp³-hybridized carbons (Fsp3) is 0. The van der Waals surface area contributed by atoms with Crippen molar-refractivity contribution in [2.24, 2.45) is 0 Å². The molecule has 0 unspecified atom stereocenters. The molecular formula is C48H28N10. The highest BCUT2D eigenvalue weighted by molar-refractivity contribution is 6.23. The predicted molar refractivity (Wildman–Crippen MR) is 229 cm³/mol. The number of rotatable bonds is 5. The van der Waals surface area contributed by atoms with Gasteiger partial charge in [-0.05, 0) is 66.7 Å². The molecule has 7 aromatic heterocycles. The van der Waals surface area contributed by atoms with Crippen molar-refractivity contribution < 1.29 is 0 Å². The van der Waals surface area contributed by atoms with E-state index in [1.807, 2.05) is 72.8 Å². The van der Waals surface area contributed by atoms with Gasteiger partial charge in [0, 0.05) is 63.7 Å². The average Bonchev–Trinajstić information content (AvgIpc) is 3.82. The lowest BCUT2D eigenvalue weighted by atomic mass is 10.1. The van der Waals surface area contributed by atoms with E-state index in [0.717, 1.165) is 105 Å². The molecule has 0 aliphatic heterocycles. The van der Waals surface area contributed by atoms with Crippen LogP contribution in [0.5, 0.6) is 0 Å². The van der Waals surface area contributed by atoms with Crippen LogP contribution in [0.4, 0.5) is 0 Å². The summed E-state index contributed by atoms with van der Waals surface area (Å²) in [7, 11) is 0. The molecule has 5 aromatic carbocycles. The van der Waals surface area contributed by atoms with Crippen LogP contribution in [-0.2, 0) is 0 Å².